The van der Waals surface area contributed by atoms with E-state index in [4.69, 9.17) is 16.3 Å². The molecule has 158 valence electrons. The molecule has 3 rings (SSSR count). The summed E-state index contributed by atoms with van der Waals surface area (Å²) in [6, 6.07) is 6.14. The third-order valence-electron chi connectivity index (χ3n) is 5.34. The highest BCUT2D eigenvalue weighted by Gasteiger charge is 2.20. The Morgan fingerprint density at radius 2 is 2.00 bits per heavy atom. The second-order valence-corrected chi connectivity index (χ2v) is 8.82. The lowest BCUT2D eigenvalue weighted by Gasteiger charge is -2.29. The maximum Gasteiger partial charge on any atom is 0.223 e. The van der Waals surface area contributed by atoms with Gasteiger partial charge in [0, 0.05) is 36.1 Å². The van der Waals surface area contributed by atoms with Crippen LogP contribution < -0.4 is 15.0 Å². The Hall–Kier alpha value is -1.66. The number of halogens is 1. The molecule has 1 aliphatic rings. The number of aromatic nitrogens is 2. The summed E-state index contributed by atoms with van der Waals surface area (Å²) in [5.74, 6) is 3.04. The Morgan fingerprint density at radius 1 is 1.24 bits per heavy atom. The van der Waals surface area contributed by atoms with Crippen molar-refractivity contribution in [3.63, 3.8) is 0 Å². The van der Waals surface area contributed by atoms with Crippen LogP contribution in [0.3, 0.4) is 0 Å². The highest BCUT2D eigenvalue weighted by atomic mass is 35.5. The number of benzene rings is 1. The summed E-state index contributed by atoms with van der Waals surface area (Å²) in [5, 5.41) is 4.11. The van der Waals surface area contributed by atoms with Crippen LogP contribution in [0.15, 0.2) is 30.6 Å². The summed E-state index contributed by atoms with van der Waals surface area (Å²) in [6.07, 6.45) is 10.9. The molecule has 0 unspecified atom stereocenters. The molecule has 0 amide bonds. The Labute approximate surface area is 183 Å². The third kappa shape index (κ3) is 6.68. The molecule has 0 radical (unpaired) electrons. The monoisotopic (exact) mass is 434 g/mol. The molecule has 0 atom stereocenters. The second-order valence-electron chi connectivity index (χ2n) is 7.40. The first-order valence-corrected chi connectivity index (χ1v) is 12.2. The predicted molar refractivity (Wildman–Crippen MR) is 125 cm³/mol. The van der Waals surface area contributed by atoms with Gasteiger partial charge in [0.1, 0.15) is 0 Å². The highest BCUT2D eigenvalue weighted by Crippen LogP contribution is 2.30. The molecule has 1 fully saturated rings. The summed E-state index contributed by atoms with van der Waals surface area (Å²) in [5.41, 5.74) is 2.41. The van der Waals surface area contributed by atoms with E-state index in [1.165, 1.54) is 36.9 Å². The van der Waals surface area contributed by atoms with Gasteiger partial charge in [0.2, 0.25) is 5.95 Å². The molecule has 7 heteroatoms. The van der Waals surface area contributed by atoms with Gasteiger partial charge in [-0.25, -0.2) is 9.97 Å². The van der Waals surface area contributed by atoms with E-state index in [2.05, 4.69) is 45.5 Å². The van der Waals surface area contributed by atoms with Crippen LogP contribution in [0, 0.1) is 5.92 Å². The normalized spacial score (nSPS) is 14.2. The maximum absolute atomic E-state index is 6.33. The Bertz CT molecular complexity index is 753. The molecule has 2 aromatic rings. The number of hydrogen-bond acceptors (Lipinski definition) is 6. The lowest BCUT2D eigenvalue weighted by atomic mass is 10.1. The van der Waals surface area contributed by atoms with Gasteiger partial charge in [-0.3, -0.25) is 0 Å². The topological polar surface area (TPSA) is 50.3 Å². The van der Waals surface area contributed by atoms with E-state index >= 15 is 0 Å². The number of thioether (sulfide) groups is 1. The molecule has 1 aromatic heterocycles. The Kier molecular flexibility index (Phi) is 8.74. The highest BCUT2D eigenvalue weighted by molar-refractivity contribution is 7.98. The number of nitrogens with zero attached hydrogens (tertiary/aromatic N) is 3. The van der Waals surface area contributed by atoms with Crippen molar-refractivity contribution >= 4 is 35.0 Å². The van der Waals surface area contributed by atoms with Gasteiger partial charge in [-0.15, -0.1) is 0 Å². The number of hydrogen-bond donors (Lipinski definition) is 1. The molecule has 0 spiro atoms. The average Bonchev–Trinajstić information content (AvgIpc) is 3.25. The minimum absolute atomic E-state index is 0.599. The molecule has 29 heavy (non-hydrogen) atoms. The summed E-state index contributed by atoms with van der Waals surface area (Å²) < 4.78 is 5.61. The van der Waals surface area contributed by atoms with E-state index in [9.17, 15) is 0 Å². The quantitative estimate of drug-likeness (QED) is 0.471. The van der Waals surface area contributed by atoms with Crippen molar-refractivity contribution in [1.82, 2.24) is 9.97 Å². The van der Waals surface area contributed by atoms with Crippen LogP contribution in [0.25, 0.3) is 0 Å². The van der Waals surface area contributed by atoms with E-state index in [-0.39, 0.29) is 0 Å². The van der Waals surface area contributed by atoms with Gasteiger partial charge in [-0.2, -0.15) is 11.8 Å². The molecule has 5 nitrogen and oxygen atoms in total. The van der Waals surface area contributed by atoms with Gasteiger partial charge in [-0.05, 0) is 49.6 Å². The smallest absolute Gasteiger partial charge is 0.223 e. The van der Waals surface area contributed by atoms with E-state index in [0.717, 1.165) is 29.8 Å². The molecule has 1 aromatic carbocycles. The van der Waals surface area contributed by atoms with E-state index < -0.39 is 0 Å². The molecule has 1 heterocycles. The van der Waals surface area contributed by atoms with Crippen LogP contribution in [0.5, 0.6) is 5.75 Å². The van der Waals surface area contributed by atoms with Crippen molar-refractivity contribution in [1.29, 1.82) is 0 Å². The van der Waals surface area contributed by atoms with Crippen LogP contribution in [-0.4, -0.2) is 41.7 Å². The molecule has 1 N–H and O–H groups in total. The first-order valence-electron chi connectivity index (χ1n) is 10.4. The zero-order chi connectivity index (χ0) is 20.5. The summed E-state index contributed by atoms with van der Waals surface area (Å²) in [7, 11) is 0. The number of ether oxygens (including phenoxy) is 1. The number of rotatable bonds is 11. The molecule has 0 saturated heterocycles. The fourth-order valence-electron chi connectivity index (χ4n) is 3.78. The van der Waals surface area contributed by atoms with E-state index in [1.807, 2.05) is 6.07 Å². The van der Waals surface area contributed by atoms with Gasteiger partial charge < -0.3 is 15.0 Å². The summed E-state index contributed by atoms with van der Waals surface area (Å²) in [4.78, 5) is 11.2. The standard InChI is InChI=1S/C22H31ClN4OS/c1-3-27(16-17-6-4-5-7-17)21-12-19(23)9-8-18(21)13-24-22-25-14-20(15-26-22)28-10-11-29-2/h8-9,12,14-15,17H,3-7,10-11,13,16H2,1-2H3,(H,24,25,26). The molecular formula is C22H31ClN4OS. The van der Waals surface area contributed by atoms with Crippen LogP contribution in [-0.2, 0) is 6.54 Å². The van der Waals surface area contributed by atoms with Crippen LogP contribution in [0.2, 0.25) is 5.02 Å². The molecular weight excluding hydrogens is 404 g/mol. The Morgan fingerprint density at radius 3 is 2.69 bits per heavy atom. The minimum atomic E-state index is 0.599. The third-order valence-corrected chi connectivity index (χ3v) is 6.15. The number of anilines is 2. The van der Waals surface area contributed by atoms with E-state index in [1.54, 1.807) is 24.2 Å². The fraction of sp³-hybridized carbons (Fsp3) is 0.545. The van der Waals surface area contributed by atoms with Gasteiger partial charge in [0.05, 0.1) is 19.0 Å². The largest absolute Gasteiger partial charge is 0.489 e. The van der Waals surface area contributed by atoms with Crippen molar-refractivity contribution in [3.05, 3.63) is 41.2 Å². The molecule has 0 aliphatic heterocycles. The molecule has 1 aliphatic carbocycles. The predicted octanol–water partition coefficient (Wildman–Crippen LogP) is 5.50. The fourth-order valence-corrected chi connectivity index (χ4v) is 4.20. The average molecular weight is 435 g/mol. The van der Waals surface area contributed by atoms with Crippen LogP contribution in [0.4, 0.5) is 11.6 Å². The molecule has 1 saturated carbocycles. The van der Waals surface area contributed by atoms with Gasteiger partial charge >= 0.3 is 0 Å². The van der Waals surface area contributed by atoms with Crippen molar-refractivity contribution in [3.8, 4) is 5.75 Å². The van der Waals surface area contributed by atoms with Crippen molar-refractivity contribution in [2.75, 3.05) is 41.9 Å². The lowest BCUT2D eigenvalue weighted by Crippen LogP contribution is -2.29. The van der Waals surface area contributed by atoms with Crippen molar-refractivity contribution < 1.29 is 4.74 Å². The first kappa shape index (κ1) is 22.0. The van der Waals surface area contributed by atoms with E-state index in [0.29, 0.717) is 24.8 Å². The van der Waals surface area contributed by atoms with Crippen LogP contribution >= 0.6 is 23.4 Å². The SMILES string of the molecule is CCN(CC1CCCC1)c1cc(Cl)ccc1CNc1ncc(OCCSC)cn1. The van der Waals surface area contributed by atoms with Crippen LogP contribution in [0.1, 0.15) is 38.2 Å². The van der Waals surface area contributed by atoms with Gasteiger partial charge in [-0.1, -0.05) is 30.5 Å². The Balaban J connectivity index is 1.64. The zero-order valence-electron chi connectivity index (χ0n) is 17.4. The minimum Gasteiger partial charge on any atom is -0.489 e. The summed E-state index contributed by atoms with van der Waals surface area (Å²) >= 11 is 8.09. The molecule has 0 bridgehead atoms. The second kappa shape index (κ2) is 11.5. The van der Waals surface area contributed by atoms with Gasteiger partial charge in [0.15, 0.2) is 5.75 Å². The first-order chi connectivity index (χ1) is 14.2. The van der Waals surface area contributed by atoms with Crippen molar-refractivity contribution in [2.24, 2.45) is 5.92 Å². The lowest BCUT2D eigenvalue weighted by molar-refractivity contribution is 0.341. The van der Waals surface area contributed by atoms with Crippen molar-refractivity contribution in [2.45, 2.75) is 39.2 Å². The maximum atomic E-state index is 6.33. The zero-order valence-corrected chi connectivity index (χ0v) is 18.9. The summed E-state index contributed by atoms with van der Waals surface area (Å²) in [6.45, 7) is 5.61. The van der Waals surface area contributed by atoms with Gasteiger partial charge in [0.25, 0.3) is 0 Å². The number of nitrogens with one attached hydrogen (secondary N) is 1.